The highest BCUT2D eigenvalue weighted by Crippen LogP contribution is 2.29. The van der Waals surface area contributed by atoms with Crippen molar-refractivity contribution in [3.8, 4) is 0 Å². The molecule has 0 saturated carbocycles. The lowest BCUT2D eigenvalue weighted by molar-refractivity contribution is -0.131. The number of carbonyl (C=O) groups is 3. The molecular formula is C21H20BrN3O3. The summed E-state index contributed by atoms with van der Waals surface area (Å²) in [6.45, 7) is 2.64. The van der Waals surface area contributed by atoms with Gasteiger partial charge in [-0.25, -0.2) is 5.01 Å². The Bertz CT molecular complexity index is 947. The van der Waals surface area contributed by atoms with Crippen molar-refractivity contribution < 1.29 is 14.4 Å². The predicted octanol–water partition coefficient (Wildman–Crippen LogP) is 3.05. The number of nitrogens with zero attached hydrogens (tertiary/aromatic N) is 2. The number of nitrogens with one attached hydrogen (secondary N) is 1. The van der Waals surface area contributed by atoms with Gasteiger partial charge in [-0.05, 0) is 30.2 Å². The maximum atomic E-state index is 12.7. The number of rotatable bonds is 4. The number of halogens is 1. The number of carbonyl (C=O) groups excluding carboxylic acids is 3. The molecule has 2 aromatic rings. The zero-order valence-electron chi connectivity index (χ0n) is 15.4. The molecule has 2 heterocycles. The number of hydrazine groups is 1. The fourth-order valence-electron chi connectivity index (χ4n) is 3.78. The van der Waals surface area contributed by atoms with Crippen molar-refractivity contribution in [3.05, 3.63) is 69.7 Å². The van der Waals surface area contributed by atoms with Crippen LogP contribution in [-0.2, 0) is 16.1 Å². The van der Waals surface area contributed by atoms with E-state index in [0.717, 1.165) is 15.6 Å². The molecule has 0 aliphatic carbocycles. The first kappa shape index (κ1) is 18.7. The van der Waals surface area contributed by atoms with Crippen molar-refractivity contribution >= 4 is 33.7 Å². The zero-order chi connectivity index (χ0) is 19.8. The molecule has 0 aromatic heterocycles. The lowest BCUT2D eigenvalue weighted by atomic mass is 10.1. The number of benzene rings is 2. The van der Waals surface area contributed by atoms with Crippen LogP contribution in [0.5, 0.6) is 0 Å². The Morgan fingerprint density at radius 3 is 2.68 bits per heavy atom. The molecule has 6 nitrogen and oxygen atoms in total. The fourth-order valence-corrected chi connectivity index (χ4v) is 4.14. The van der Waals surface area contributed by atoms with Crippen molar-refractivity contribution in [1.29, 1.82) is 0 Å². The van der Waals surface area contributed by atoms with E-state index in [2.05, 4.69) is 21.4 Å². The van der Waals surface area contributed by atoms with Crippen molar-refractivity contribution in [3.63, 3.8) is 0 Å². The SMILES string of the molecule is CC(c1ccccc1)N1CC(C(=O)NN2Cc3ccc(Br)cc3C2=O)CC1=O. The van der Waals surface area contributed by atoms with Gasteiger partial charge in [-0.15, -0.1) is 0 Å². The third-order valence-electron chi connectivity index (χ3n) is 5.40. The summed E-state index contributed by atoms with van der Waals surface area (Å²) in [5.74, 6) is -1.04. The second-order valence-electron chi connectivity index (χ2n) is 7.20. The molecule has 2 unspecified atom stereocenters. The van der Waals surface area contributed by atoms with Crippen LogP contribution in [0.2, 0.25) is 0 Å². The van der Waals surface area contributed by atoms with Gasteiger partial charge in [0.05, 0.1) is 18.5 Å². The topological polar surface area (TPSA) is 69.7 Å². The third-order valence-corrected chi connectivity index (χ3v) is 5.89. The lowest BCUT2D eigenvalue weighted by Gasteiger charge is -2.25. The monoisotopic (exact) mass is 441 g/mol. The average Bonchev–Trinajstić information content (AvgIpc) is 3.23. The highest BCUT2D eigenvalue weighted by Gasteiger charge is 2.38. The van der Waals surface area contributed by atoms with Gasteiger partial charge in [0.15, 0.2) is 0 Å². The van der Waals surface area contributed by atoms with Gasteiger partial charge in [0.1, 0.15) is 0 Å². The summed E-state index contributed by atoms with van der Waals surface area (Å²) in [6.07, 6.45) is 0.156. The first-order chi connectivity index (χ1) is 13.4. The Hall–Kier alpha value is -2.67. The third kappa shape index (κ3) is 3.42. The van der Waals surface area contributed by atoms with E-state index in [1.54, 1.807) is 11.0 Å². The molecule has 4 rings (SSSR count). The summed E-state index contributed by atoms with van der Waals surface area (Å²) in [4.78, 5) is 39.5. The molecule has 1 N–H and O–H groups in total. The van der Waals surface area contributed by atoms with E-state index in [1.807, 2.05) is 49.4 Å². The first-order valence-electron chi connectivity index (χ1n) is 9.19. The maximum Gasteiger partial charge on any atom is 0.272 e. The minimum Gasteiger partial charge on any atom is -0.335 e. The summed E-state index contributed by atoms with van der Waals surface area (Å²) >= 11 is 3.36. The highest BCUT2D eigenvalue weighted by molar-refractivity contribution is 9.10. The van der Waals surface area contributed by atoms with Gasteiger partial charge in [0.2, 0.25) is 11.8 Å². The van der Waals surface area contributed by atoms with E-state index < -0.39 is 5.92 Å². The Balaban J connectivity index is 1.41. The van der Waals surface area contributed by atoms with Crippen molar-refractivity contribution in [1.82, 2.24) is 15.3 Å². The van der Waals surface area contributed by atoms with Crippen LogP contribution in [0.25, 0.3) is 0 Å². The molecule has 1 saturated heterocycles. The molecule has 0 spiro atoms. The Labute approximate surface area is 171 Å². The van der Waals surface area contributed by atoms with Crippen LogP contribution in [0.15, 0.2) is 53.0 Å². The second kappa shape index (κ2) is 7.39. The fraction of sp³-hybridized carbons (Fsp3) is 0.286. The summed E-state index contributed by atoms with van der Waals surface area (Å²) in [7, 11) is 0. The van der Waals surface area contributed by atoms with Gasteiger partial charge < -0.3 is 4.90 Å². The number of hydrogen-bond donors (Lipinski definition) is 1. The lowest BCUT2D eigenvalue weighted by Crippen LogP contribution is -2.45. The van der Waals surface area contributed by atoms with Crippen molar-refractivity contribution in [2.75, 3.05) is 6.54 Å². The summed E-state index contributed by atoms with van der Waals surface area (Å²) < 4.78 is 0.819. The van der Waals surface area contributed by atoms with Crippen LogP contribution in [-0.4, -0.2) is 34.2 Å². The van der Waals surface area contributed by atoms with Gasteiger partial charge >= 0.3 is 0 Å². The van der Waals surface area contributed by atoms with E-state index in [0.29, 0.717) is 18.7 Å². The molecule has 2 aromatic carbocycles. The van der Waals surface area contributed by atoms with Crippen LogP contribution in [0, 0.1) is 5.92 Å². The predicted molar refractivity (Wildman–Crippen MR) is 107 cm³/mol. The average molecular weight is 442 g/mol. The second-order valence-corrected chi connectivity index (χ2v) is 8.12. The molecule has 2 aliphatic heterocycles. The van der Waals surface area contributed by atoms with Gasteiger partial charge in [-0.3, -0.25) is 19.8 Å². The van der Waals surface area contributed by atoms with E-state index in [9.17, 15) is 14.4 Å². The normalized spacial score (nSPS) is 19.7. The molecule has 0 radical (unpaired) electrons. The largest absolute Gasteiger partial charge is 0.335 e. The molecule has 2 aliphatic rings. The van der Waals surface area contributed by atoms with Gasteiger partial charge in [0.25, 0.3) is 5.91 Å². The minimum atomic E-state index is -0.470. The molecular weight excluding hydrogens is 422 g/mol. The standard InChI is InChI=1S/C21H20BrN3O3/c1-13(14-5-3-2-4-6-14)24-11-16(9-19(24)26)20(27)23-25-12-15-7-8-17(22)10-18(15)21(25)28/h2-8,10,13,16H,9,11-12H2,1H3,(H,23,27). The van der Waals surface area contributed by atoms with Crippen LogP contribution >= 0.6 is 15.9 Å². The number of amides is 3. The van der Waals surface area contributed by atoms with E-state index in [1.165, 1.54) is 5.01 Å². The molecule has 3 amide bonds. The molecule has 1 fully saturated rings. The van der Waals surface area contributed by atoms with E-state index in [-0.39, 0.29) is 30.2 Å². The van der Waals surface area contributed by atoms with Gasteiger partial charge in [-0.1, -0.05) is 52.3 Å². The molecule has 2 atom stereocenters. The summed E-state index contributed by atoms with van der Waals surface area (Å²) in [6, 6.07) is 15.2. The summed E-state index contributed by atoms with van der Waals surface area (Å²) in [5.41, 5.74) is 5.19. The molecule has 7 heteroatoms. The number of likely N-dealkylation sites (tertiary alicyclic amines) is 1. The summed E-state index contributed by atoms with van der Waals surface area (Å²) in [5, 5.41) is 1.33. The van der Waals surface area contributed by atoms with Crippen LogP contribution in [0.1, 0.15) is 40.9 Å². The number of fused-ring (bicyclic) bond motifs is 1. The Morgan fingerprint density at radius 2 is 1.93 bits per heavy atom. The van der Waals surface area contributed by atoms with Crippen LogP contribution < -0.4 is 5.43 Å². The van der Waals surface area contributed by atoms with Crippen molar-refractivity contribution in [2.24, 2.45) is 5.92 Å². The Morgan fingerprint density at radius 1 is 1.18 bits per heavy atom. The minimum absolute atomic E-state index is 0.0449. The smallest absolute Gasteiger partial charge is 0.272 e. The molecule has 0 bridgehead atoms. The number of hydrogen-bond acceptors (Lipinski definition) is 3. The zero-order valence-corrected chi connectivity index (χ0v) is 17.0. The van der Waals surface area contributed by atoms with Crippen molar-refractivity contribution in [2.45, 2.75) is 25.9 Å². The van der Waals surface area contributed by atoms with Crippen LogP contribution in [0.4, 0.5) is 0 Å². The van der Waals surface area contributed by atoms with Gasteiger partial charge in [-0.2, -0.15) is 0 Å². The van der Waals surface area contributed by atoms with Gasteiger partial charge in [0, 0.05) is 23.0 Å². The van der Waals surface area contributed by atoms with E-state index >= 15 is 0 Å². The Kier molecular flexibility index (Phi) is 4.93. The highest BCUT2D eigenvalue weighted by atomic mass is 79.9. The van der Waals surface area contributed by atoms with E-state index in [4.69, 9.17) is 0 Å². The quantitative estimate of drug-likeness (QED) is 0.792. The maximum absolute atomic E-state index is 12.7. The first-order valence-corrected chi connectivity index (χ1v) is 9.98. The van der Waals surface area contributed by atoms with Crippen LogP contribution in [0.3, 0.4) is 0 Å². The molecule has 144 valence electrons. The molecule has 28 heavy (non-hydrogen) atoms.